The lowest BCUT2D eigenvalue weighted by molar-refractivity contribution is -0.129. The Morgan fingerprint density at radius 3 is 2.14 bits per heavy atom. The molecule has 1 amide bonds. The number of benzene rings is 3. The number of nitrogens with two attached hydrogens (primary N) is 1. The number of aromatic nitrogens is 1. The average Bonchev–Trinajstić information content (AvgIpc) is 3.34. The second-order valence-electron chi connectivity index (χ2n) is 9.71. The second-order valence-corrected chi connectivity index (χ2v) is 11.8. The zero-order valence-corrected chi connectivity index (χ0v) is 22.5. The number of hydrogen-bond donors (Lipinski definition) is 2. The Labute approximate surface area is 221 Å². The summed E-state index contributed by atoms with van der Waals surface area (Å²) in [6.45, 7) is 5.58. The van der Waals surface area contributed by atoms with Gasteiger partial charge < -0.3 is 9.50 Å². The van der Waals surface area contributed by atoms with Crippen molar-refractivity contribution in [1.29, 1.82) is 0 Å². The van der Waals surface area contributed by atoms with Crippen molar-refractivity contribution in [3.05, 3.63) is 94.8 Å². The Hall–Kier alpha value is -3.53. The summed E-state index contributed by atoms with van der Waals surface area (Å²) in [6.07, 6.45) is 0.470. The van der Waals surface area contributed by atoms with Crippen LogP contribution in [0, 0.1) is 5.41 Å². The van der Waals surface area contributed by atoms with Gasteiger partial charge in [0.2, 0.25) is 5.91 Å². The van der Waals surface area contributed by atoms with Crippen molar-refractivity contribution in [3.63, 3.8) is 0 Å². The van der Waals surface area contributed by atoms with Crippen LogP contribution < -0.4 is 14.6 Å². The van der Waals surface area contributed by atoms with E-state index in [2.05, 4.69) is 29.6 Å². The standard InChI is InChI=1S/C28H29N3O4S2/c1-28(2,3)27(32)31-24(17-19-9-15-23(16-10-19)35-37(29,33)34)26-30-25(18-36-26)22-13-11-21(12-14-22)20-7-5-4-6-8-20/h4-16,18,24H,17H2,1-3H3,(H,31,32)(H2,29,33,34). The van der Waals surface area contributed by atoms with Gasteiger partial charge in [-0.25, -0.2) is 4.98 Å². The molecule has 1 unspecified atom stereocenters. The van der Waals surface area contributed by atoms with Crippen LogP contribution in [0.4, 0.5) is 0 Å². The molecule has 3 N–H and O–H groups in total. The highest BCUT2D eigenvalue weighted by molar-refractivity contribution is 7.84. The summed E-state index contributed by atoms with van der Waals surface area (Å²) in [7, 11) is -4.10. The zero-order chi connectivity index (χ0) is 26.6. The number of hydrogen-bond acceptors (Lipinski definition) is 6. The molecule has 0 aliphatic carbocycles. The third kappa shape index (κ3) is 7.25. The minimum Gasteiger partial charge on any atom is -0.371 e. The van der Waals surface area contributed by atoms with Crippen molar-refractivity contribution in [2.75, 3.05) is 0 Å². The molecule has 37 heavy (non-hydrogen) atoms. The van der Waals surface area contributed by atoms with Crippen molar-refractivity contribution in [3.8, 4) is 28.1 Å². The summed E-state index contributed by atoms with van der Waals surface area (Å²) < 4.78 is 27.1. The summed E-state index contributed by atoms with van der Waals surface area (Å²) in [5.41, 5.74) is 4.42. The van der Waals surface area contributed by atoms with Crippen LogP contribution in [0.1, 0.15) is 37.4 Å². The molecule has 7 nitrogen and oxygen atoms in total. The molecule has 1 aromatic heterocycles. The molecule has 1 heterocycles. The number of rotatable bonds is 8. The van der Waals surface area contributed by atoms with Crippen molar-refractivity contribution in [2.45, 2.75) is 33.2 Å². The van der Waals surface area contributed by atoms with Crippen LogP contribution in [0.3, 0.4) is 0 Å². The maximum Gasteiger partial charge on any atom is 0.380 e. The molecule has 0 bridgehead atoms. The first-order chi connectivity index (χ1) is 17.5. The van der Waals surface area contributed by atoms with E-state index in [1.807, 2.05) is 56.5 Å². The van der Waals surface area contributed by atoms with Crippen LogP contribution in [0.25, 0.3) is 22.4 Å². The van der Waals surface area contributed by atoms with Gasteiger partial charge in [-0.15, -0.1) is 11.3 Å². The van der Waals surface area contributed by atoms with E-state index in [1.165, 1.54) is 23.5 Å². The van der Waals surface area contributed by atoms with Gasteiger partial charge in [0.1, 0.15) is 10.8 Å². The molecular weight excluding hydrogens is 506 g/mol. The van der Waals surface area contributed by atoms with Gasteiger partial charge in [0.25, 0.3) is 0 Å². The zero-order valence-electron chi connectivity index (χ0n) is 20.8. The topological polar surface area (TPSA) is 111 Å². The number of nitrogens with one attached hydrogen (secondary N) is 1. The number of thiazole rings is 1. The summed E-state index contributed by atoms with van der Waals surface area (Å²) in [5.74, 6) is 0.0349. The van der Waals surface area contributed by atoms with Crippen LogP contribution in [-0.2, 0) is 21.5 Å². The molecule has 0 spiro atoms. The average molecular weight is 536 g/mol. The van der Waals surface area contributed by atoms with Crippen molar-refractivity contribution < 1.29 is 17.4 Å². The second kappa shape index (κ2) is 10.8. The largest absolute Gasteiger partial charge is 0.380 e. The van der Waals surface area contributed by atoms with Gasteiger partial charge in [0.05, 0.1) is 11.7 Å². The lowest BCUT2D eigenvalue weighted by Gasteiger charge is -2.23. The van der Waals surface area contributed by atoms with Gasteiger partial charge in [-0.1, -0.05) is 87.5 Å². The first-order valence-electron chi connectivity index (χ1n) is 11.7. The molecule has 192 valence electrons. The molecule has 0 radical (unpaired) electrons. The van der Waals surface area contributed by atoms with Crippen LogP contribution in [-0.4, -0.2) is 19.3 Å². The lowest BCUT2D eigenvalue weighted by Crippen LogP contribution is -2.38. The summed E-state index contributed by atoms with van der Waals surface area (Å²) in [5, 5.41) is 10.8. The molecule has 1 atom stereocenters. The molecule has 0 saturated carbocycles. The highest BCUT2D eigenvalue weighted by Gasteiger charge is 2.26. The van der Waals surface area contributed by atoms with Crippen molar-refractivity contribution in [1.82, 2.24) is 10.3 Å². The Morgan fingerprint density at radius 2 is 1.54 bits per heavy atom. The fourth-order valence-corrected chi connectivity index (χ4v) is 4.93. The van der Waals surface area contributed by atoms with E-state index in [0.29, 0.717) is 6.42 Å². The van der Waals surface area contributed by atoms with E-state index in [0.717, 1.165) is 33.0 Å². The minimum atomic E-state index is -4.10. The highest BCUT2D eigenvalue weighted by Crippen LogP contribution is 2.30. The number of amides is 1. The molecule has 4 aromatic rings. The molecule has 0 aliphatic rings. The van der Waals surface area contributed by atoms with E-state index < -0.39 is 15.7 Å². The van der Waals surface area contributed by atoms with Crippen LogP contribution in [0.2, 0.25) is 0 Å². The molecule has 0 fully saturated rings. The number of carbonyl (C=O) groups excluding carboxylic acids is 1. The quantitative estimate of drug-likeness (QED) is 0.309. The van der Waals surface area contributed by atoms with Gasteiger partial charge in [-0.3, -0.25) is 4.79 Å². The highest BCUT2D eigenvalue weighted by atomic mass is 32.2. The third-order valence-corrected chi connectivity index (χ3v) is 7.05. The monoisotopic (exact) mass is 535 g/mol. The molecule has 0 saturated heterocycles. The van der Waals surface area contributed by atoms with Crippen molar-refractivity contribution in [2.24, 2.45) is 10.6 Å². The fourth-order valence-electron chi connectivity index (χ4n) is 3.67. The van der Waals surface area contributed by atoms with Gasteiger partial charge in [0.15, 0.2) is 0 Å². The summed E-state index contributed by atoms with van der Waals surface area (Å²) in [6, 6.07) is 24.6. The predicted molar refractivity (Wildman–Crippen MR) is 147 cm³/mol. The summed E-state index contributed by atoms with van der Waals surface area (Å²) >= 11 is 1.49. The van der Waals surface area contributed by atoms with E-state index in [9.17, 15) is 13.2 Å². The Bertz CT molecular complexity index is 1460. The van der Waals surface area contributed by atoms with E-state index in [4.69, 9.17) is 14.3 Å². The Morgan fingerprint density at radius 1 is 0.946 bits per heavy atom. The molecule has 4 rings (SSSR count). The molecule has 3 aromatic carbocycles. The predicted octanol–water partition coefficient (Wildman–Crippen LogP) is 5.51. The molecular formula is C28H29N3O4S2. The van der Waals surface area contributed by atoms with Gasteiger partial charge >= 0.3 is 10.3 Å². The Kier molecular flexibility index (Phi) is 7.77. The van der Waals surface area contributed by atoms with Crippen molar-refractivity contribution >= 4 is 27.5 Å². The van der Waals surface area contributed by atoms with Gasteiger partial charge in [-0.2, -0.15) is 13.6 Å². The van der Waals surface area contributed by atoms with E-state index in [1.54, 1.807) is 12.1 Å². The van der Waals surface area contributed by atoms with E-state index >= 15 is 0 Å². The third-order valence-electron chi connectivity index (χ3n) is 5.67. The van der Waals surface area contributed by atoms with Crippen LogP contribution >= 0.6 is 11.3 Å². The normalized spacial score (nSPS) is 12.6. The minimum absolute atomic E-state index is 0.0874. The first-order valence-corrected chi connectivity index (χ1v) is 14.1. The Balaban J connectivity index is 1.57. The maximum atomic E-state index is 12.9. The summed E-state index contributed by atoms with van der Waals surface area (Å²) in [4.78, 5) is 17.7. The first kappa shape index (κ1) is 26.5. The molecule has 0 aliphatic heterocycles. The van der Waals surface area contributed by atoms with Crippen LogP contribution in [0.15, 0.2) is 84.2 Å². The van der Waals surface area contributed by atoms with Gasteiger partial charge in [0, 0.05) is 16.4 Å². The fraction of sp³-hybridized carbons (Fsp3) is 0.214. The smallest absolute Gasteiger partial charge is 0.371 e. The molecule has 9 heteroatoms. The number of carbonyl (C=O) groups is 1. The van der Waals surface area contributed by atoms with Crippen LogP contribution in [0.5, 0.6) is 5.75 Å². The number of nitrogens with zero attached hydrogens (tertiary/aromatic N) is 1. The lowest BCUT2D eigenvalue weighted by atomic mass is 9.94. The maximum absolute atomic E-state index is 12.9. The van der Waals surface area contributed by atoms with Gasteiger partial charge in [-0.05, 0) is 35.2 Å². The van der Waals surface area contributed by atoms with E-state index in [-0.39, 0.29) is 17.7 Å². The SMILES string of the molecule is CC(C)(C)C(=O)NC(Cc1ccc(OS(N)(=O)=O)cc1)c1nc(-c2ccc(-c3ccccc3)cc2)cs1.